The number of amides is 1. The van der Waals surface area contributed by atoms with Gasteiger partial charge in [0.25, 0.3) is 0 Å². The fourth-order valence-corrected chi connectivity index (χ4v) is 5.84. The van der Waals surface area contributed by atoms with E-state index in [0.29, 0.717) is 29.2 Å². The number of nitrogens with zero attached hydrogens (tertiary/aromatic N) is 2. The lowest BCUT2D eigenvalue weighted by Gasteiger charge is -2.30. The van der Waals surface area contributed by atoms with Crippen LogP contribution in [0.5, 0.6) is 0 Å². The lowest BCUT2D eigenvalue weighted by molar-refractivity contribution is -0.120. The van der Waals surface area contributed by atoms with Gasteiger partial charge in [0.15, 0.2) is 10.7 Å². The van der Waals surface area contributed by atoms with E-state index in [9.17, 15) is 13.2 Å². The second-order valence-corrected chi connectivity index (χ2v) is 10.6. The molecule has 1 saturated heterocycles. The minimum Gasteiger partial charge on any atom is -0.355 e. The maximum Gasteiger partial charge on any atom is 0.248 e. The van der Waals surface area contributed by atoms with Crippen LogP contribution >= 0.6 is 11.6 Å². The van der Waals surface area contributed by atoms with Crippen molar-refractivity contribution in [3.63, 3.8) is 0 Å². The normalized spacial score (nSPS) is 15.6. The maximum absolute atomic E-state index is 13.4. The van der Waals surface area contributed by atoms with Crippen molar-refractivity contribution in [1.82, 2.24) is 9.46 Å². The van der Waals surface area contributed by atoms with Crippen molar-refractivity contribution in [3.8, 4) is 0 Å². The van der Waals surface area contributed by atoms with Crippen LogP contribution in [0.1, 0.15) is 35.4 Å². The molecule has 0 spiro atoms. The first-order valence-corrected chi connectivity index (χ1v) is 12.8. The number of benzene rings is 2. The Morgan fingerprint density at radius 1 is 1.09 bits per heavy atom. The Bertz CT molecular complexity index is 1310. The zero-order valence-corrected chi connectivity index (χ0v) is 20.6. The predicted molar refractivity (Wildman–Crippen MR) is 133 cm³/mol. The summed E-state index contributed by atoms with van der Waals surface area (Å²) in [5.41, 5.74) is 2.92. The Morgan fingerprint density at radius 3 is 2.44 bits per heavy atom. The smallest absolute Gasteiger partial charge is 0.248 e. The number of sulfonamides is 1. The van der Waals surface area contributed by atoms with E-state index in [4.69, 9.17) is 16.1 Å². The van der Waals surface area contributed by atoms with Crippen molar-refractivity contribution in [2.24, 2.45) is 5.92 Å². The average molecular weight is 500 g/mol. The van der Waals surface area contributed by atoms with Crippen molar-refractivity contribution in [2.75, 3.05) is 18.4 Å². The van der Waals surface area contributed by atoms with E-state index in [1.54, 1.807) is 43.3 Å². The SMILES string of the molecule is Cc1ccc(C=Cc2onc(C)c2S(=O)(=O)N2CCC(C(=O)Nc3ccccc3Cl)CC2)cc1. The van der Waals surface area contributed by atoms with Gasteiger partial charge in [0.05, 0.1) is 10.7 Å². The van der Waals surface area contributed by atoms with Gasteiger partial charge in [-0.3, -0.25) is 4.79 Å². The molecule has 178 valence electrons. The number of aryl methyl sites for hydroxylation is 2. The van der Waals surface area contributed by atoms with Gasteiger partial charge in [-0.2, -0.15) is 4.31 Å². The van der Waals surface area contributed by atoms with Crippen molar-refractivity contribution < 1.29 is 17.7 Å². The van der Waals surface area contributed by atoms with Gasteiger partial charge in [-0.1, -0.05) is 64.8 Å². The molecule has 1 N–H and O–H groups in total. The summed E-state index contributed by atoms with van der Waals surface area (Å²) in [4.78, 5) is 12.7. The average Bonchev–Trinajstić information content (AvgIpc) is 3.21. The van der Waals surface area contributed by atoms with Gasteiger partial charge in [-0.05, 0) is 50.5 Å². The third-order valence-corrected chi connectivity index (χ3v) is 8.28. The molecule has 0 aliphatic carbocycles. The molecule has 0 unspecified atom stereocenters. The quantitative estimate of drug-likeness (QED) is 0.506. The summed E-state index contributed by atoms with van der Waals surface area (Å²) in [7, 11) is -3.83. The monoisotopic (exact) mass is 499 g/mol. The molecular weight excluding hydrogens is 474 g/mol. The number of piperidine rings is 1. The summed E-state index contributed by atoms with van der Waals surface area (Å²) < 4.78 is 33.6. The molecule has 4 rings (SSSR count). The minimum atomic E-state index is -3.83. The van der Waals surface area contributed by atoms with Gasteiger partial charge in [0, 0.05) is 19.0 Å². The first-order valence-electron chi connectivity index (χ1n) is 11.0. The number of para-hydroxylation sites is 1. The van der Waals surface area contributed by atoms with Crippen molar-refractivity contribution in [2.45, 2.75) is 31.6 Å². The van der Waals surface area contributed by atoms with Crippen LogP contribution in [0.4, 0.5) is 5.69 Å². The highest BCUT2D eigenvalue weighted by atomic mass is 35.5. The third-order valence-electron chi connectivity index (χ3n) is 5.89. The Morgan fingerprint density at radius 2 is 1.76 bits per heavy atom. The molecule has 1 aliphatic rings. The lowest BCUT2D eigenvalue weighted by atomic mass is 9.97. The zero-order valence-electron chi connectivity index (χ0n) is 19.0. The van der Waals surface area contributed by atoms with Crippen LogP contribution in [-0.2, 0) is 14.8 Å². The van der Waals surface area contributed by atoms with Gasteiger partial charge in [-0.15, -0.1) is 0 Å². The molecule has 1 fully saturated rings. The highest BCUT2D eigenvalue weighted by Crippen LogP contribution is 2.30. The number of nitrogens with one attached hydrogen (secondary N) is 1. The molecule has 0 atom stereocenters. The number of carbonyl (C=O) groups excluding carboxylic acids is 1. The number of rotatable bonds is 6. The van der Waals surface area contributed by atoms with E-state index in [1.807, 2.05) is 31.2 Å². The Hall–Kier alpha value is -2.94. The van der Waals surface area contributed by atoms with Crippen molar-refractivity contribution in [3.05, 3.63) is 76.1 Å². The number of anilines is 1. The Balaban J connectivity index is 1.45. The van der Waals surface area contributed by atoms with E-state index in [2.05, 4.69) is 10.5 Å². The number of hydrogen-bond donors (Lipinski definition) is 1. The molecule has 7 nitrogen and oxygen atoms in total. The minimum absolute atomic E-state index is 0.0647. The first kappa shape index (κ1) is 24.2. The highest BCUT2D eigenvalue weighted by molar-refractivity contribution is 7.89. The second-order valence-electron chi connectivity index (χ2n) is 8.35. The maximum atomic E-state index is 13.4. The van der Waals surface area contributed by atoms with Gasteiger partial charge in [0.1, 0.15) is 5.69 Å². The van der Waals surface area contributed by atoms with Gasteiger partial charge < -0.3 is 9.84 Å². The van der Waals surface area contributed by atoms with Crippen LogP contribution < -0.4 is 5.32 Å². The number of hydrogen-bond acceptors (Lipinski definition) is 5. The lowest BCUT2D eigenvalue weighted by Crippen LogP contribution is -2.41. The van der Waals surface area contributed by atoms with E-state index in [1.165, 1.54) is 4.31 Å². The van der Waals surface area contributed by atoms with Gasteiger partial charge in [-0.25, -0.2) is 8.42 Å². The molecule has 1 aliphatic heterocycles. The van der Waals surface area contributed by atoms with Gasteiger partial charge >= 0.3 is 0 Å². The molecule has 1 aromatic heterocycles. The Kier molecular flexibility index (Phi) is 7.21. The topological polar surface area (TPSA) is 92.5 Å². The fraction of sp³-hybridized carbons (Fsp3) is 0.280. The molecule has 1 amide bonds. The van der Waals surface area contributed by atoms with Crippen LogP contribution in [0.15, 0.2) is 57.9 Å². The van der Waals surface area contributed by atoms with Crippen LogP contribution in [0.2, 0.25) is 5.02 Å². The van der Waals surface area contributed by atoms with E-state index < -0.39 is 10.0 Å². The summed E-state index contributed by atoms with van der Waals surface area (Å²) in [6.07, 6.45) is 4.24. The van der Waals surface area contributed by atoms with Crippen LogP contribution in [0.25, 0.3) is 12.2 Å². The number of aromatic nitrogens is 1. The van der Waals surface area contributed by atoms with Crippen molar-refractivity contribution in [1.29, 1.82) is 0 Å². The molecule has 0 bridgehead atoms. The molecule has 2 heterocycles. The molecule has 34 heavy (non-hydrogen) atoms. The molecule has 0 radical (unpaired) electrons. The molecule has 9 heteroatoms. The van der Waals surface area contributed by atoms with Gasteiger partial charge in [0.2, 0.25) is 15.9 Å². The number of halogens is 1. The third kappa shape index (κ3) is 5.24. The van der Waals surface area contributed by atoms with Crippen LogP contribution in [0.3, 0.4) is 0 Å². The summed E-state index contributed by atoms with van der Waals surface area (Å²) >= 11 is 6.13. The summed E-state index contributed by atoms with van der Waals surface area (Å²) in [5, 5.41) is 7.20. The summed E-state index contributed by atoms with van der Waals surface area (Å²) in [6.45, 7) is 4.08. The largest absolute Gasteiger partial charge is 0.355 e. The van der Waals surface area contributed by atoms with Crippen molar-refractivity contribution >= 4 is 45.4 Å². The Labute approximate surface area is 204 Å². The number of carbonyl (C=O) groups is 1. The molecular formula is C25H26ClN3O4S. The molecule has 3 aromatic rings. The van der Waals surface area contributed by atoms with E-state index >= 15 is 0 Å². The predicted octanol–water partition coefficient (Wildman–Crippen LogP) is 5.15. The molecule has 0 saturated carbocycles. The standard InChI is InChI=1S/C25H26ClN3O4S/c1-17-7-9-19(10-8-17)11-12-23-24(18(2)28-33-23)34(31,32)29-15-13-20(14-16-29)25(30)27-22-6-4-3-5-21(22)26/h3-12,20H,13-16H2,1-2H3,(H,27,30). The summed E-state index contributed by atoms with van der Waals surface area (Å²) in [5.74, 6) is -0.267. The summed E-state index contributed by atoms with van der Waals surface area (Å²) in [6, 6.07) is 14.9. The molecule has 2 aromatic carbocycles. The van der Waals surface area contributed by atoms with Crippen LogP contribution in [0, 0.1) is 19.8 Å². The van der Waals surface area contributed by atoms with E-state index in [-0.39, 0.29) is 35.6 Å². The highest BCUT2D eigenvalue weighted by Gasteiger charge is 2.36. The fourth-order valence-electron chi connectivity index (χ4n) is 3.93. The zero-order chi connectivity index (χ0) is 24.3. The van der Waals surface area contributed by atoms with E-state index in [0.717, 1.165) is 11.1 Å². The second kappa shape index (κ2) is 10.1. The first-order chi connectivity index (χ1) is 16.3. The van der Waals surface area contributed by atoms with Crippen LogP contribution in [-0.4, -0.2) is 36.9 Å².